The summed E-state index contributed by atoms with van der Waals surface area (Å²) in [6.45, 7) is 21.4. The first kappa shape index (κ1) is 81.1. The number of aliphatic hydroxyl groups is 3. The van der Waals surface area contributed by atoms with Crippen LogP contribution >= 0.6 is 31.9 Å². The molecule has 0 radical (unpaired) electrons. The van der Waals surface area contributed by atoms with E-state index in [0.29, 0.717) is 85.1 Å². The van der Waals surface area contributed by atoms with E-state index in [1.807, 2.05) is 26.8 Å². The van der Waals surface area contributed by atoms with Crippen molar-refractivity contribution in [3.05, 3.63) is 71.9 Å². The van der Waals surface area contributed by atoms with Crippen LogP contribution in [0, 0.1) is 133 Å². The molecule has 6 aromatic rings. The number of ketones is 3. The summed E-state index contributed by atoms with van der Waals surface area (Å²) in [6, 6.07) is 4.66. The molecule has 18 rings (SSSR count). The molecule has 0 aromatic carbocycles. The zero-order valence-electron chi connectivity index (χ0n) is 62.7. The van der Waals surface area contributed by atoms with E-state index < -0.39 is 28.7 Å². The lowest BCUT2D eigenvalue weighted by atomic mass is 9.44. The lowest BCUT2D eigenvalue weighted by Crippen LogP contribution is -2.55. The molecule has 0 bridgehead atoms. The zero-order valence-corrected chi connectivity index (χ0v) is 65.9. The number of nitrogens with zero attached hydrogens (tertiary/aromatic N) is 8. The van der Waals surface area contributed by atoms with Gasteiger partial charge in [-0.15, -0.1) is 0 Å². The van der Waals surface area contributed by atoms with Crippen LogP contribution in [0.25, 0.3) is 32.7 Å². The predicted octanol–water partition coefficient (Wildman–Crippen LogP) is 20.1. The van der Waals surface area contributed by atoms with E-state index in [2.05, 4.69) is 109 Å². The number of carbonyl (C=O) groups excluding carboxylic acids is 3. The van der Waals surface area contributed by atoms with Crippen molar-refractivity contribution in [3.8, 4) is 0 Å². The van der Waals surface area contributed by atoms with E-state index in [9.17, 15) is 38.5 Å². The fraction of sp³-hybridized carbons (Fsp3) is 0.759. The molecule has 12 saturated carbocycles. The monoisotopic (exact) mass is 1590 g/mol. The Balaban J connectivity index is 0.000000139. The van der Waals surface area contributed by atoms with Gasteiger partial charge in [-0.1, -0.05) is 79.8 Å². The first-order chi connectivity index (χ1) is 48.8. The Morgan fingerprint density at radius 2 is 0.896 bits per heavy atom. The van der Waals surface area contributed by atoms with Gasteiger partial charge in [-0.3, -0.25) is 28.8 Å². The highest BCUT2D eigenvalue weighted by Crippen LogP contribution is 2.72. The molecule has 6 aromatic heterocycles. The van der Waals surface area contributed by atoms with Gasteiger partial charge in [-0.05, 0) is 320 Å². The first-order valence-electron chi connectivity index (χ1n) is 40.0. The van der Waals surface area contributed by atoms with Crippen molar-refractivity contribution in [1.82, 2.24) is 44.7 Å². The summed E-state index contributed by atoms with van der Waals surface area (Å²) in [7, 11) is 0. The van der Waals surface area contributed by atoms with Crippen LogP contribution in [0.2, 0.25) is 0 Å². The largest absolute Gasteiger partial charge is 0.390 e. The smallest absolute Gasteiger partial charge is 0.213 e. The Morgan fingerprint density at radius 1 is 0.472 bits per heavy atom. The number of fused-ring (bicyclic) bond motifs is 18. The van der Waals surface area contributed by atoms with Crippen LogP contribution in [0.1, 0.15) is 258 Å². The van der Waals surface area contributed by atoms with Crippen molar-refractivity contribution in [1.29, 1.82) is 0 Å². The van der Waals surface area contributed by atoms with Crippen LogP contribution in [-0.4, -0.2) is 99.5 Å². The van der Waals surface area contributed by atoms with Gasteiger partial charge in [-0.25, -0.2) is 15.0 Å². The van der Waals surface area contributed by atoms with Crippen molar-refractivity contribution >= 4 is 81.9 Å². The molecule has 0 aliphatic heterocycles. The van der Waals surface area contributed by atoms with Crippen LogP contribution in [-0.2, 0) is 27.5 Å². The summed E-state index contributed by atoms with van der Waals surface area (Å²) in [5, 5.41) is 50.5. The fourth-order valence-corrected chi connectivity index (χ4v) is 28.2. The van der Waals surface area contributed by atoms with Gasteiger partial charge in [0, 0.05) is 52.2 Å². The van der Waals surface area contributed by atoms with Crippen LogP contribution in [0.15, 0.2) is 60.0 Å². The molecule has 6 heterocycles. The van der Waals surface area contributed by atoms with Crippen molar-refractivity contribution in [2.24, 2.45) is 121 Å². The van der Waals surface area contributed by atoms with Gasteiger partial charge < -0.3 is 15.3 Å². The number of hydrogen-bond acceptors (Lipinski definition) is 12. The maximum absolute atomic E-state index is 13.6. The molecule has 4 N–H and O–H groups in total. The molecular formula is C87H127Br2F2N9O6. The normalized spacial score (nSPS) is 42.1. The Bertz CT molecular complexity index is 4170. The van der Waals surface area contributed by atoms with Crippen molar-refractivity contribution in [3.63, 3.8) is 0 Å². The SMILES string of the molecule is Brc1cc2cn[nH]c2cn1.C.C.C.C[C@@]1(O)CC[C@@]2(C)[C@@H](CC[C@@H]3[C@@H]2CC[C@]2(C)[C@@H](C(=O)CBr)CC[C@@H]32)C1.C[C@@]1(O)CC[C@@]2(C)[C@@H](CC[C@@H]3[C@@H]2CC[C@]2(C)[C@@H](C(=O)Cn4cc5cc(F)ncc5n4)CC[C@@H]32)C1.C[C@@]1(O)CC[C@@]2(C)[C@@H](CC[C@@H]3[C@@H]2CC[C@]2(C)[C@@H](C(=O)Cn4ncc5cc(F)ncc54)CC[C@@H]32)C1. The predicted molar refractivity (Wildman–Crippen MR) is 423 cm³/mol. The Kier molecular flexibility index (Phi) is 22.9. The zero-order chi connectivity index (χ0) is 72.8. The summed E-state index contributed by atoms with van der Waals surface area (Å²) in [6.07, 6.45) is 40.4. The van der Waals surface area contributed by atoms with E-state index in [4.69, 9.17) is 0 Å². The van der Waals surface area contributed by atoms with Crippen molar-refractivity contribution in [2.45, 2.75) is 288 Å². The highest BCUT2D eigenvalue weighted by atomic mass is 79.9. The van der Waals surface area contributed by atoms with Gasteiger partial charge in [0.1, 0.15) is 22.4 Å². The quantitative estimate of drug-likeness (QED) is 0.0827. The Labute approximate surface area is 647 Å². The van der Waals surface area contributed by atoms with Gasteiger partial charge in [0.25, 0.3) is 0 Å². The molecule has 0 unspecified atom stereocenters. The van der Waals surface area contributed by atoms with E-state index in [0.717, 1.165) is 147 Å². The van der Waals surface area contributed by atoms with E-state index in [1.54, 1.807) is 34.2 Å². The molecule has 12 fully saturated rings. The minimum atomic E-state index is -0.522. The molecule has 106 heavy (non-hydrogen) atoms. The van der Waals surface area contributed by atoms with Crippen LogP contribution in [0.3, 0.4) is 0 Å². The number of rotatable bonds is 8. The number of carbonyl (C=O) groups is 3. The third-order valence-corrected chi connectivity index (χ3v) is 34.0. The molecule has 15 nitrogen and oxygen atoms in total. The topological polar surface area (TPSA) is 215 Å². The number of halogens is 4. The molecule has 584 valence electrons. The standard InChI is InChI=1S/2C28H38FN3O2.C22H35BrO2.C6H4BrN3.3CH4/c1-26(34)10-11-27(2)18(13-26)4-5-19-20-6-7-22(28(20,3)9-8-21(19)27)24(33)16-32-15-17-12-25(29)30-14-23(17)31-32;1-26(34)10-11-27(2)18(13-26)4-5-19-20-6-7-22(28(20,3)9-8-21(19)27)24(33)16-32-23-15-30-25(29)12-17(23)14-31-32;1-20(25)10-11-21(2)14(12-20)4-5-15-16-6-7-18(19(24)13-23)22(16,3)9-8-17(15)21;7-6-1-4-2-9-10-5(4)3-8-6;;;/h2*12,14-15,18-22,34H,4-11,13,16H2,1-3H3;14-18,25H,4-13H2,1-3H3;1-3H,(H,9,10);3*1H4/t2*18-,19-,20-,21-,22+,26+,27-,28-;14-,15-,16-,17-,18+,20+,21-,22-;;;;/m000..../s1. The Hall–Kier alpha value is -4.43. The summed E-state index contributed by atoms with van der Waals surface area (Å²) < 4.78 is 31.1. The van der Waals surface area contributed by atoms with E-state index >= 15 is 0 Å². The second kappa shape index (κ2) is 29.9. The third-order valence-electron chi connectivity index (χ3n) is 33.0. The number of aromatic amines is 1. The van der Waals surface area contributed by atoms with Gasteiger partial charge in [0.05, 0.1) is 70.7 Å². The number of pyridine rings is 3. The highest BCUT2D eigenvalue weighted by molar-refractivity contribution is 9.10. The summed E-state index contributed by atoms with van der Waals surface area (Å²) in [5.74, 6) is 8.84. The second-order valence-electron chi connectivity index (χ2n) is 38.4. The van der Waals surface area contributed by atoms with Crippen LogP contribution in [0.5, 0.6) is 0 Å². The number of hydrogen-bond donors (Lipinski definition) is 4. The van der Waals surface area contributed by atoms with E-state index in [1.165, 1.54) is 102 Å². The maximum Gasteiger partial charge on any atom is 0.213 e. The molecule has 12 aliphatic carbocycles. The number of alkyl halides is 1. The van der Waals surface area contributed by atoms with Gasteiger partial charge in [-0.2, -0.15) is 24.1 Å². The van der Waals surface area contributed by atoms with Gasteiger partial charge in [0.15, 0.2) is 11.6 Å². The molecule has 0 spiro atoms. The molecule has 0 amide bonds. The summed E-state index contributed by atoms with van der Waals surface area (Å²) >= 11 is 6.69. The molecule has 19 heteroatoms. The Morgan fingerprint density at radius 3 is 1.36 bits per heavy atom. The summed E-state index contributed by atoms with van der Waals surface area (Å²) in [4.78, 5) is 51.2. The average molecular weight is 1590 g/mol. The lowest BCUT2D eigenvalue weighted by Gasteiger charge is -2.61. The molecule has 24 atom stereocenters. The highest BCUT2D eigenvalue weighted by Gasteiger charge is 2.65. The number of aromatic nitrogens is 9. The van der Waals surface area contributed by atoms with Crippen LogP contribution in [0.4, 0.5) is 8.78 Å². The van der Waals surface area contributed by atoms with E-state index in [-0.39, 0.29) is 80.9 Å². The number of H-pyrrole nitrogens is 1. The minimum Gasteiger partial charge on any atom is -0.390 e. The lowest BCUT2D eigenvalue weighted by molar-refractivity contribution is -0.151. The molecule has 12 aliphatic rings. The average Bonchev–Trinajstić information content (AvgIpc) is 1.15. The first-order valence-corrected chi connectivity index (χ1v) is 41.9. The van der Waals surface area contributed by atoms with Crippen LogP contribution < -0.4 is 0 Å². The van der Waals surface area contributed by atoms with Crippen molar-refractivity contribution in [2.75, 3.05) is 5.33 Å². The van der Waals surface area contributed by atoms with Crippen molar-refractivity contribution < 1.29 is 38.5 Å². The third kappa shape index (κ3) is 14.4. The fourth-order valence-electron chi connectivity index (χ4n) is 27.4. The van der Waals surface area contributed by atoms with Gasteiger partial charge >= 0.3 is 0 Å². The maximum atomic E-state index is 13.6. The number of nitrogens with one attached hydrogen (secondary N) is 1. The molecular weight excluding hydrogens is 1460 g/mol. The minimum absolute atomic E-state index is 0. The number of Topliss-reactive ketones (excluding diaryl/α,β-unsaturated/α-hetero) is 3. The second-order valence-corrected chi connectivity index (χ2v) is 39.7. The molecule has 0 saturated heterocycles. The summed E-state index contributed by atoms with van der Waals surface area (Å²) in [5.41, 5.74) is 2.35. The van der Waals surface area contributed by atoms with Gasteiger partial charge in [0.2, 0.25) is 11.9 Å².